The third-order valence-corrected chi connectivity index (χ3v) is 2.68. The number of hydrogen-bond donors (Lipinski definition) is 1. The predicted octanol–water partition coefficient (Wildman–Crippen LogP) is 1.29. The molecule has 0 heterocycles. The number of aryl methyl sites for hydroxylation is 1. The second-order valence-electron chi connectivity index (χ2n) is 3.64. The summed E-state index contributed by atoms with van der Waals surface area (Å²) in [6, 6.07) is 6.55. The Hall–Kier alpha value is -1.40. The molecule has 5 nitrogen and oxygen atoms in total. The number of carbonyl (C=O) groups is 1. The molecule has 0 aliphatic carbocycles. The van der Waals surface area contributed by atoms with Crippen molar-refractivity contribution in [2.24, 2.45) is 0 Å². The normalized spacial score (nSPS) is 11.4. The maximum atomic E-state index is 10.7. The molecular weight excluding hydrogens is 244 g/mol. The molecule has 6 heteroatoms. The van der Waals surface area contributed by atoms with Gasteiger partial charge in [-0.15, -0.1) is 0 Å². The fourth-order valence-electron chi connectivity index (χ4n) is 1.35. The van der Waals surface area contributed by atoms with Gasteiger partial charge in [-0.1, -0.05) is 12.1 Å². The molecule has 1 aromatic carbocycles. The number of rotatable bonds is 6. The fourth-order valence-corrected chi connectivity index (χ4v) is 1.77. The van der Waals surface area contributed by atoms with Gasteiger partial charge in [-0.25, -0.2) is 4.79 Å². The van der Waals surface area contributed by atoms with Crippen LogP contribution in [0.1, 0.15) is 22.3 Å². The summed E-state index contributed by atoms with van der Waals surface area (Å²) in [6.45, 7) is 0.107. The number of carboxylic acids is 1. The van der Waals surface area contributed by atoms with Crippen LogP contribution in [0.15, 0.2) is 24.3 Å². The van der Waals surface area contributed by atoms with Crippen molar-refractivity contribution in [3.05, 3.63) is 35.4 Å². The lowest BCUT2D eigenvalue weighted by molar-refractivity contribution is 0.0696. The van der Waals surface area contributed by atoms with Crippen molar-refractivity contribution in [1.29, 1.82) is 0 Å². The Labute approximate surface area is 100 Å². The summed E-state index contributed by atoms with van der Waals surface area (Å²) in [4.78, 5) is 10.7. The van der Waals surface area contributed by atoms with Gasteiger partial charge in [-0.3, -0.25) is 4.18 Å². The Morgan fingerprint density at radius 3 is 2.71 bits per heavy atom. The first-order valence-corrected chi connectivity index (χ1v) is 6.87. The Bertz CT molecular complexity index is 492. The van der Waals surface area contributed by atoms with Crippen molar-refractivity contribution < 1.29 is 22.5 Å². The van der Waals surface area contributed by atoms with E-state index < -0.39 is 16.1 Å². The first-order chi connectivity index (χ1) is 7.88. The lowest BCUT2D eigenvalue weighted by atomic mass is 10.1. The van der Waals surface area contributed by atoms with E-state index in [0.717, 1.165) is 11.8 Å². The molecule has 94 valence electrons. The summed E-state index contributed by atoms with van der Waals surface area (Å²) in [7, 11) is -3.39. The van der Waals surface area contributed by atoms with E-state index in [1.54, 1.807) is 18.2 Å². The Balaban J connectivity index is 2.47. The van der Waals surface area contributed by atoms with Gasteiger partial charge in [-0.05, 0) is 30.5 Å². The number of carboxylic acid groups (broad SMARTS) is 1. The molecule has 0 bridgehead atoms. The summed E-state index contributed by atoms with van der Waals surface area (Å²) in [5, 5.41) is 8.78. The van der Waals surface area contributed by atoms with Crippen molar-refractivity contribution >= 4 is 16.1 Å². The zero-order chi connectivity index (χ0) is 12.9. The summed E-state index contributed by atoms with van der Waals surface area (Å²) in [6.07, 6.45) is 2.10. The summed E-state index contributed by atoms with van der Waals surface area (Å²) in [5.41, 5.74) is 1.08. The highest BCUT2D eigenvalue weighted by atomic mass is 32.2. The average molecular weight is 258 g/mol. The van der Waals surface area contributed by atoms with Crippen LogP contribution in [0.5, 0.6) is 0 Å². The largest absolute Gasteiger partial charge is 0.478 e. The first-order valence-electron chi connectivity index (χ1n) is 5.05. The van der Waals surface area contributed by atoms with Crippen molar-refractivity contribution in [2.45, 2.75) is 12.8 Å². The second-order valence-corrected chi connectivity index (χ2v) is 5.28. The molecule has 0 saturated heterocycles. The molecule has 0 fully saturated rings. The molecule has 0 unspecified atom stereocenters. The lowest BCUT2D eigenvalue weighted by Crippen LogP contribution is -2.05. The van der Waals surface area contributed by atoms with Crippen LogP contribution in [-0.2, 0) is 20.7 Å². The Kier molecular flexibility index (Phi) is 4.65. The van der Waals surface area contributed by atoms with Crippen molar-refractivity contribution in [3.63, 3.8) is 0 Å². The molecular formula is C11H14O5S. The van der Waals surface area contributed by atoms with Gasteiger partial charge < -0.3 is 5.11 Å². The van der Waals surface area contributed by atoms with E-state index in [1.165, 1.54) is 6.07 Å². The van der Waals surface area contributed by atoms with E-state index in [2.05, 4.69) is 4.18 Å². The van der Waals surface area contributed by atoms with E-state index >= 15 is 0 Å². The van der Waals surface area contributed by atoms with E-state index in [9.17, 15) is 13.2 Å². The van der Waals surface area contributed by atoms with Crippen LogP contribution in [0.4, 0.5) is 0 Å². The van der Waals surface area contributed by atoms with Gasteiger partial charge in [0, 0.05) is 0 Å². The highest BCUT2D eigenvalue weighted by molar-refractivity contribution is 7.85. The average Bonchev–Trinajstić information content (AvgIpc) is 2.23. The smallest absolute Gasteiger partial charge is 0.335 e. The molecule has 0 spiro atoms. The minimum atomic E-state index is -3.39. The first kappa shape index (κ1) is 13.7. The second kappa shape index (κ2) is 5.79. The van der Waals surface area contributed by atoms with Crippen molar-refractivity contribution in [2.75, 3.05) is 12.9 Å². The van der Waals surface area contributed by atoms with Gasteiger partial charge in [0.2, 0.25) is 0 Å². The molecule has 0 radical (unpaired) electrons. The van der Waals surface area contributed by atoms with Gasteiger partial charge >= 0.3 is 5.97 Å². The maximum absolute atomic E-state index is 10.7. The highest BCUT2D eigenvalue weighted by Gasteiger charge is 2.04. The van der Waals surface area contributed by atoms with Crippen LogP contribution in [0, 0.1) is 0 Å². The fraction of sp³-hybridized carbons (Fsp3) is 0.364. The highest BCUT2D eigenvalue weighted by Crippen LogP contribution is 2.08. The van der Waals surface area contributed by atoms with Crippen LogP contribution in [0.25, 0.3) is 0 Å². The van der Waals surface area contributed by atoms with Crippen molar-refractivity contribution in [1.82, 2.24) is 0 Å². The molecule has 1 N–H and O–H groups in total. The van der Waals surface area contributed by atoms with E-state index in [0.29, 0.717) is 12.8 Å². The topological polar surface area (TPSA) is 80.7 Å². The molecule has 0 aliphatic rings. The van der Waals surface area contributed by atoms with Gasteiger partial charge in [0.1, 0.15) is 0 Å². The van der Waals surface area contributed by atoms with Gasteiger partial charge in [-0.2, -0.15) is 8.42 Å². The van der Waals surface area contributed by atoms with E-state index in [4.69, 9.17) is 5.11 Å². The van der Waals surface area contributed by atoms with E-state index in [1.807, 2.05) is 0 Å². The molecule has 0 saturated carbocycles. The van der Waals surface area contributed by atoms with Gasteiger partial charge in [0.05, 0.1) is 18.4 Å². The standard InChI is InChI=1S/C11H14O5S/c1-17(14,15)16-7-3-5-9-4-2-6-10(8-9)11(12)13/h2,4,6,8H,3,5,7H2,1H3,(H,12,13). The number of hydrogen-bond acceptors (Lipinski definition) is 4. The molecule has 17 heavy (non-hydrogen) atoms. The summed E-state index contributed by atoms with van der Waals surface area (Å²) in [5.74, 6) is -0.973. The summed E-state index contributed by atoms with van der Waals surface area (Å²) >= 11 is 0. The predicted molar refractivity (Wildman–Crippen MR) is 62.5 cm³/mol. The number of benzene rings is 1. The van der Waals surface area contributed by atoms with Crippen LogP contribution in [-0.4, -0.2) is 32.4 Å². The maximum Gasteiger partial charge on any atom is 0.335 e. The van der Waals surface area contributed by atoms with Crippen LogP contribution in [0.3, 0.4) is 0 Å². The molecule has 0 aromatic heterocycles. The Morgan fingerprint density at radius 2 is 2.12 bits per heavy atom. The Morgan fingerprint density at radius 1 is 1.41 bits per heavy atom. The molecule has 0 amide bonds. The minimum absolute atomic E-state index is 0.107. The van der Waals surface area contributed by atoms with Crippen LogP contribution >= 0.6 is 0 Å². The molecule has 0 aliphatic heterocycles. The van der Waals surface area contributed by atoms with Crippen LogP contribution < -0.4 is 0 Å². The third kappa shape index (κ3) is 5.46. The van der Waals surface area contributed by atoms with Gasteiger partial charge in [0.15, 0.2) is 0 Å². The monoisotopic (exact) mass is 258 g/mol. The zero-order valence-corrected chi connectivity index (χ0v) is 10.2. The lowest BCUT2D eigenvalue weighted by Gasteiger charge is -2.03. The van der Waals surface area contributed by atoms with Gasteiger partial charge in [0.25, 0.3) is 10.1 Å². The van der Waals surface area contributed by atoms with Crippen LogP contribution in [0.2, 0.25) is 0 Å². The number of aromatic carboxylic acids is 1. The summed E-state index contributed by atoms with van der Waals surface area (Å²) < 4.78 is 26.0. The third-order valence-electron chi connectivity index (χ3n) is 2.08. The molecule has 1 aromatic rings. The SMILES string of the molecule is CS(=O)(=O)OCCCc1cccc(C(=O)O)c1. The van der Waals surface area contributed by atoms with Crippen molar-refractivity contribution in [3.8, 4) is 0 Å². The quantitative estimate of drug-likeness (QED) is 0.614. The minimum Gasteiger partial charge on any atom is -0.478 e. The molecule has 1 rings (SSSR count). The zero-order valence-electron chi connectivity index (χ0n) is 9.42. The van der Waals surface area contributed by atoms with E-state index in [-0.39, 0.29) is 12.2 Å². The molecule has 0 atom stereocenters.